The molecule has 2 amide bonds. The van der Waals surface area contributed by atoms with Crippen LogP contribution in [-0.2, 0) is 4.79 Å². The van der Waals surface area contributed by atoms with Crippen molar-refractivity contribution in [2.75, 3.05) is 6.54 Å². The first-order valence-electron chi connectivity index (χ1n) is 6.40. The fourth-order valence-corrected chi connectivity index (χ4v) is 2.02. The Hall–Kier alpha value is -2.04. The topological polar surface area (TPSA) is 78.4 Å². The van der Waals surface area contributed by atoms with E-state index in [4.69, 9.17) is 5.11 Å². The second-order valence-electron chi connectivity index (χ2n) is 5.01. The van der Waals surface area contributed by atoms with Crippen LogP contribution in [0.25, 0.3) is 0 Å². The van der Waals surface area contributed by atoms with E-state index in [1.165, 1.54) is 0 Å². The van der Waals surface area contributed by atoms with Crippen molar-refractivity contribution in [3.05, 3.63) is 35.9 Å². The summed E-state index contributed by atoms with van der Waals surface area (Å²) in [7, 11) is 0. The predicted molar refractivity (Wildman–Crippen MR) is 70.6 cm³/mol. The third-order valence-corrected chi connectivity index (χ3v) is 3.46. The standard InChI is InChI=1S/C14H18N2O3/c1-9-7-11(9)8-15-14(19)16-12(13(17)18)10-5-3-2-4-6-10/h2-6,9,11-12H,7-8H2,1H3,(H,17,18)(H2,15,16,19). The van der Waals surface area contributed by atoms with Crippen LogP contribution >= 0.6 is 0 Å². The minimum absolute atomic E-state index is 0.435. The van der Waals surface area contributed by atoms with Crippen LogP contribution in [0.3, 0.4) is 0 Å². The summed E-state index contributed by atoms with van der Waals surface area (Å²) in [4.78, 5) is 22.9. The van der Waals surface area contributed by atoms with Crippen molar-refractivity contribution in [2.24, 2.45) is 11.8 Å². The molecule has 0 radical (unpaired) electrons. The Morgan fingerprint density at radius 3 is 2.53 bits per heavy atom. The van der Waals surface area contributed by atoms with Gasteiger partial charge in [-0.3, -0.25) is 0 Å². The Morgan fingerprint density at radius 1 is 1.37 bits per heavy atom. The molecule has 5 heteroatoms. The summed E-state index contributed by atoms with van der Waals surface area (Å²) in [5.74, 6) is 0.122. The Bertz CT molecular complexity index is 461. The first-order valence-corrected chi connectivity index (χ1v) is 6.40. The lowest BCUT2D eigenvalue weighted by Crippen LogP contribution is -2.41. The number of amides is 2. The van der Waals surface area contributed by atoms with Gasteiger partial charge >= 0.3 is 12.0 Å². The van der Waals surface area contributed by atoms with Gasteiger partial charge in [0, 0.05) is 6.54 Å². The van der Waals surface area contributed by atoms with E-state index in [1.807, 2.05) is 0 Å². The van der Waals surface area contributed by atoms with Gasteiger partial charge in [0.15, 0.2) is 6.04 Å². The molecule has 1 aromatic carbocycles. The van der Waals surface area contributed by atoms with Crippen LogP contribution in [0.4, 0.5) is 4.79 Å². The lowest BCUT2D eigenvalue weighted by Gasteiger charge is -2.15. The predicted octanol–water partition coefficient (Wildman–Crippen LogP) is 1.77. The Balaban J connectivity index is 1.89. The molecule has 0 heterocycles. The van der Waals surface area contributed by atoms with E-state index < -0.39 is 18.0 Å². The fourth-order valence-electron chi connectivity index (χ4n) is 2.02. The number of carbonyl (C=O) groups excluding carboxylic acids is 1. The summed E-state index contributed by atoms with van der Waals surface area (Å²) in [5.41, 5.74) is 0.560. The molecule has 0 saturated heterocycles. The number of benzene rings is 1. The van der Waals surface area contributed by atoms with Crippen molar-refractivity contribution >= 4 is 12.0 Å². The fraction of sp³-hybridized carbons (Fsp3) is 0.429. The summed E-state index contributed by atoms with van der Waals surface area (Å²) >= 11 is 0. The summed E-state index contributed by atoms with van der Waals surface area (Å²) in [5, 5.41) is 14.4. The molecule has 102 valence electrons. The highest BCUT2D eigenvalue weighted by Gasteiger charge is 2.32. The SMILES string of the molecule is CC1CC1CNC(=O)NC(C(=O)O)c1ccccc1. The molecule has 0 spiro atoms. The average Bonchev–Trinajstić information content (AvgIpc) is 3.10. The molecule has 3 unspecified atom stereocenters. The van der Waals surface area contributed by atoms with Gasteiger partial charge in [-0.1, -0.05) is 37.3 Å². The molecule has 1 fully saturated rings. The maximum Gasteiger partial charge on any atom is 0.330 e. The van der Waals surface area contributed by atoms with Gasteiger partial charge in [0.05, 0.1) is 0 Å². The molecule has 0 aliphatic heterocycles. The number of rotatable bonds is 5. The monoisotopic (exact) mass is 262 g/mol. The summed E-state index contributed by atoms with van der Waals surface area (Å²) < 4.78 is 0. The molecule has 2 rings (SSSR count). The molecular formula is C14H18N2O3. The highest BCUT2D eigenvalue weighted by Crippen LogP contribution is 2.36. The molecule has 19 heavy (non-hydrogen) atoms. The number of carbonyl (C=O) groups is 2. The molecule has 1 saturated carbocycles. The minimum Gasteiger partial charge on any atom is -0.479 e. The molecular weight excluding hydrogens is 244 g/mol. The van der Waals surface area contributed by atoms with Crippen LogP contribution in [-0.4, -0.2) is 23.7 Å². The first-order chi connectivity index (χ1) is 9.08. The van der Waals surface area contributed by atoms with Gasteiger partial charge < -0.3 is 15.7 Å². The highest BCUT2D eigenvalue weighted by atomic mass is 16.4. The van der Waals surface area contributed by atoms with E-state index in [2.05, 4.69) is 17.6 Å². The van der Waals surface area contributed by atoms with Crippen LogP contribution in [0.15, 0.2) is 30.3 Å². The summed E-state index contributed by atoms with van der Waals surface area (Å²) in [6.07, 6.45) is 1.13. The third-order valence-electron chi connectivity index (χ3n) is 3.46. The van der Waals surface area contributed by atoms with E-state index in [0.717, 1.165) is 6.42 Å². The van der Waals surface area contributed by atoms with Gasteiger partial charge in [-0.25, -0.2) is 9.59 Å². The minimum atomic E-state index is -1.07. The Kier molecular flexibility index (Phi) is 4.04. The van der Waals surface area contributed by atoms with E-state index in [0.29, 0.717) is 23.9 Å². The van der Waals surface area contributed by atoms with Crippen molar-refractivity contribution in [1.82, 2.24) is 10.6 Å². The van der Waals surface area contributed by atoms with Crippen molar-refractivity contribution in [3.63, 3.8) is 0 Å². The van der Waals surface area contributed by atoms with Crippen LogP contribution in [0.2, 0.25) is 0 Å². The molecule has 3 N–H and O–H groups in total. The van der Waals surface area contributed by atoms with Crippen LogP contribution in [0.5, 0.6) is 0 Å². The largest absolute Gasteiger partial charge is 0.479 e. The van der Waals surface area contributed by atoms with Crippen LogP contribution in [0, 0.1) is 11.8 Å². The number of nitrogens with one attached hydrogen (secondary N) is 2. The van der Waals surface area contributed by atoms with E-state index in [-0.39, 0.29) is 0 Å². The molecule has 0 bridgehead atoms. The smallest absolute Gasteiger partial charge is 0.330 e. The van der Waals surface area contributed by atoms with Crippen molar-refractivity contribution < 1.29 is 14.7 Å². The summed E-state index contributed by atoms with van der Waals surface area (Å²) in [6, 6.07) is 7.21. The van der Waals surface area contributed by atoms with E-state index in [1.54, 1.807) is 30.3 Å². The lowest BCUT2D eigenvalue weighted by atomic mass is 10.1. The Morgan fingerprint density at radius 2 is 2.00 bits per heavy atom. The van der Waals surface area contributed by atoms with Crippen molar-refractivity contribution in [2.45, 2.75) is 19.4 Å². The Labute approximate surface area is 112 Å². The first kappa shape index (κ1) is 13.4. The second kappa shape index (κ2) is 5.73. The highest BCUT2D eigenvalue weighted by molar-refractivity contribution is 5.83. The zero-order valence-corrected chi connectivity index (χ0v) is 10.8. The molecule has 0 aromatic heterocycles. The van der Waals surface area contributed by atoms with Crippen molar-refractivity contribution in [1.29, 1.82) is 0 Å². The normalized spacial score (nSPS) is 22.4. The van der Waals surface area contributed by atoms with E-state index in [9.17, 15) is 9.59 Å². The zero-order chi connectivity index (χ0) is 13.8. The molecule has 5 nitrogen and oxygen atoms in total. The number of hydrogen-bond acceptors (Lipinski definition) is 2. The van der Waals surface area contributed by atoms with Crippen molar-refractivity contribution in [3.8, 4) is 0 Å². The molecule has 1 aliphatic carbocycles. The number of carboxylic acid groups (broad SMARTS) is 1. The number of urea groups is 1. The third kappa shape index (κ3) is 3.71. The maximum absolute atomic E-state index is 11.7. The average molecular weight is 262 g/mol. The molecule has 1 aliphatic rings. The van der Waals surface area contributed by atoms with E-state index >= 15 is 0 Å². The van der Waals surface area contributed by atoms with Gasteiger partial charge in [-0.15, -0.1) is 0 Å². The van der Waals surface area contributed by atoms with Gasteiger partial charge in [-0.2, -0.15) is 0 Å². The van der Waals surface area contributed by atoms with Crippen LogP contribution < -0.4 is 10.6 Å². The lowest BCUT2D eigenvalue weighted by molar-refractivity contribution is -0.139. The van der Waals surface area contributed by atoms with Gasteiger partial charge in [-0.05, 0) is 23.8 Å². The summed E-state index contributed by atoms with van der Waals surface area (Å²) in [6.45, 7) is 2.74. The number of hydrogen-bond donors (Lipinski definition) is 3. The quantitative estimate of drug-likeness (QED) is 0.756. The maximum atomic E-state index is 11.7. The number of carboxylic acids is 1. The number of aliphatic carboxylic acids is 1. The second-order valence-corrected chi connectivity index (χ2v) is 5.01. The van der Waals surface area contributed by atoms with Gasteiger partial charge in [0.25, 0.3) is 0 Å². The molecule has 3 atom stereocenters. The van der Waals surface area contributed by atoms with Gasteiger partial charge in [0.1, 0.15) is 0 Å². The van der Waals surface area contributed by atoms with Gasteiger partial charge in [0.2, 0.25) is 0 Å². The zero-order valence-electron chi connectivity index (χ0n) is 10.8. The van der Waals surface area contributed by atoms with Crippen LogP contribution in [0.1, 0.15) is 24.9 Å². The molecule has 1 aromatic rings.